The van der Waals surface area contributed by atoms with Gasteiger partial charge in [-0.3, -0.25) is 14.2 Å². The number of carbonyl (C=O) groups is 2. The maximum atomic E-state index is 12.8. The molecule has 0 rings (SSSR count). The van der Waals surface area contributed by atoms with E-state index in [9.17, 15) is 19.0 Å². The number of carbonyl (C=O) groups excluding carboxylic acids is 2. The van der Waals surface area contributed by atoms with Crippen LogP contribution in [0.5, 0.6) is 0 Å². The number of phosphoric acid groups is 1. The number of esters is 2. The molecule has 0 saturated carbocycles. The first-order valence-electron chi connectivity index (χ1n) is 35.3. The third-order valence-electron chi connectivity index (χ3n) is 15.4. The molecule has 0 saturated heterocycles. The maximum Gasteiger partial charge on any atom is 0.306 e. The highest BCUT2D eigenvalue weighted by Gasteiger charge is 2.22. The second-order valence-electron chi connectivity index (χ2n) is 24.9. The zero-order chi connectivity index (χ0) is 61.2. The third-order valence-corrected chi connectivity index (χ3v) is 16.4. The molecule has 2 atom stereocenters. The minimum Gasteiger partial charge on any atom is -0.756 e. The zero-order valence-electron chi connectivity index (χ0n) is 55.6. The molecule has 0 heterocycles. The van der Waals surface area contributed by atoms with Crippen LogP contribution in [0.3, 0.4) is 0 Å². The monoisotopic (exact) mass is 1200 g/mol. The van der Waals surface area contributed by atoms with Crippen molar-refractivity contribution in [2.24, 2.45) is 0 Å². The summed E-state index contributed by atoms with van der Waals surface area (Å²) in [6.07, 6.45) is 88.3. The molecule has 0 fully saturated rings. The van der Waals surface area contributed by atoms with Gasteiger partial charge in [0.25, 0.3) is 7.82 Å². The van der Waals surface area contributed by atoms with Crippen molar-refractivity contribution < 1.29 is 42.1 Å². The molecule has 10 heteroatoms. The Morgan fingerprint density at radius 1 is 0.381 bits per heavy atom. The quantitative estimate of drug-likeness (QED) is 0.0195. The number of hydrogen-bond acceptors (Lipinski definition) is 8. The Hall–Kier alpha value is -2.81. The van der Waals surface area contributed by atoms with Gasteiger partial charge in [0.1, 0.15) is 19.8 Å². The highest BCUT2D eigenvalue weighted by atomic mass is 31.2. The third kappa shape index (κ3) is 68.3. The van der Waals surface area contributed by atoms with Gasteiger partial charge in [0.15, 0.2) is 6.10 Å². The molecule has 9 nitrogen and oxygen atoms in total. The minimum atomic E-state index is -4.65. The van der Waals surface area contributed by atoms with Crippen LogP contribution in [-0.2, 0) is 32.7 Å². The summed E-state index contributed by atoms with van der Waals surface area (Å²) in [6, 6.07) is 0. The fourth-order valence-electron chi connectivity index (χ4n) is 10.0. The largest absolute Gasteiger partial charge is 0.756 e. The van der Waals surface area contributed by atoms with E-state index in [1.54, 1.807) is 0 Å². The van der Waals surface area contributed by atoms with E-state index >= 15 is 0 Å². The SMILES string of the molecule is CC/C=C\C/C=C\C/C=C\C/C=C\CCCCCCCCC(=O)OC(COC(=O)CCCCCCCCCCCCCCCCCCCCCCCCCCCC/C=C\C/C=C\C/C=C\CCCCCCC)COP(=O)([O-])OCC[N+](C)(C)C. The number of allylic oxidation sites excluding steroid dienone is 14. The molecule has 0 aromatic heterocycles. The minimum absolute atomic E-state index is 0.0355. The number of quaternary nitrogens is 1. The lowest BCUT2D eigenvalue weighted by molar-refractivity contribution is -0.870. The average Bonchev–Trinajstić information content (AvgIpc) is 3.61. The standard InChI is InChI=1S/C74H134NO8P/c1-6-8-10-12-14-16-18-20-22-24-26-27-28-29-30-31-32-33-34-35-36-37-38-39-40-41-42-43-44-45-46-47-49-50-52-54-56-58-60-62-64-66-73(76)80-70-72(71-82-84(78,79)81-69-68-75(3,4)5)83-74(77)67-65-63-61-59-57-55-53-51-48-25-23-21-19-17-15-13-11-9-7-2/h9,11,15,17-18,20-21,23-24,26,28-29,48,51,72H,6-8,10,12-14,16,19,22,25,27,30-47,49-50,52-71H2,1-5H3/b11-9-,17-15-,20-18-,23-21-,26-24-,29-28-,51-48-. The van der Waals surface area contributed by atoms with Crippen LogP contribution in [0.4, 0.5) is 0 Å². The number of rotatable bonds is 65. The lowest BCUT2D eigenvalue weighted by atomic mass is 10.0. The van der Waals surface area contributed by atoms with E-state index in [4.69, 9.17) is 18.5 Å². The Labute approximate surface area is 520 Å². The number of likely N-dealkylation sites (N-methyl/N-ethyl adjacent to an activating group) is 1. The van der Waals surface area contributed by atoms with Gasteiger partial charge in [-0.15, -0.1) is 0 Å². The van der Waals surface area contributed by atoms with Crippen LogP contribution < -0.4 is 4.89 Å². The molecule has 0 radical (unpaired) electrons. The highest BCUT2D eigenvalue weighted by molar-refractivity contribution is 7.45. The first kappa shape index (κ1) is 81.2. The maximum absolute atomic E-state index is 12.8. The van der Waals surface area contributed by atoms with Crippen molar-refractivity contribution in [3.05, 3.63) is 85.1 Å². The van der Waals surface area contributed by atoms with Crippen LogP contribution in [0, 0.1) is 0 Å². The number of phosphoric ester groups is 1. The smallest absolute Gasteiger partial charge is 0.306 e. The van der Waals surface area contributed by atoms with Gasteiger partial charge >= 0.3 is 11.9 Å². The van der Waals surface area contributed by atoms with Crippen molar-refractivity contribution in [1.82, 2.24) is 0 Å². The van der Waals surface area contributed by atoms with Crippen molar-refractivity contribution in [1.29, 1.82) is 0 Å². The summed E-state index contributed by atoms with van der Waals surface area (Å²) < 4.78 is 34.2. The summed E-state index contributed by atoms with van der Waals surface area (Å²) in [5.41, 5.74) is 0. The lowest BCUT2D eigenvalue weighted by Gasteiger charge is -2.28. The molecule has 488 valence electrons. The summed E-state index contributed by atoms with van der Waals surface area (Å²) in [5, 5.41) is 0. The molecular weight excluding hydrogens is 1060 g/mol. The summed E-state index contributed by atoms with van der Waals surface area (Å²) >= 11 is 0. The van der Waals surface area contributed by atoms with Crippen molar-refractivity contribution in [2.75, 3.05) is 47.5 Å². The van der Waals surface area contributed by atoms with Crippen LogP contribution in [0.15, 0.2) is 85.1 Å². The van der Waals surface area contributed by atoms with E-state index in [2.05, 4.69) is 98.9 Å². The topological polar surface area (TPSA) is 111 Å². The fraction of sp³-hybridized carbons (Fsp3) is 0.784. The second kappa shape index (κ2) is 64.7. The van der Waals surface area contributed by atoms with Gasteiger partial charge < -0.3 is 27.9 Å². The Balaban J connectivity index is 3.90. The molecule has 0 aromatic carbocycles. The van der Waals surface area contributed by atoms with Gasteiger partial charge in [0.2, 0.25) is 0 Å². The number of unbranched alkanes of at least 4 members (excludes halogenated alkanes) is 37. The highest BCUT2D eigenvalue weighted by Crippen LogP contribution is 2.38. The summed E-state index contributed by atoms with van der Waals surface area (Å²) in [7, 11) is 1.16. The molecule has 0 aliphatic carbocycles. The first-order valence-corrected chi connectivity index (χ1v) is 36.8. The molecule has 2 unspecified atom stereocenters. The van der Waals surface area contributed by atoms with Crippen LogP contribution in [-0.4, -0.2) is 70.0 Å². The van der Waals surface area contributed by atoms with Crippen LogP contribution in [0.2, 0.25) is 0 Å². The van der Waals surface area contributed by atoms with Gasteiger partial charge in [-0.25, -0.2) is 0 Å². The van der Waals surface area contributed by atoms with Crippen LogP contribution in [0.25, 0.3) is 0 Å². The molecule has 0 aliphatic heterocycles. The zero-order valence-corrected chi connectivity index (χ0v) is 56.5. The van der Waals surface area contributed by atoms with E-state index < -0.39 is 26.5 Å². The molecule has 0 amide bonds. The normalized spacial score (nSPS) is 13.6. The fourth-order valence-corrected chi connectivity index (χ4v) is 10.7. The Bertz CT molecular complexity index is 1690. The summed E-state index contributed by atoms with van der Waals surface area (Å²) in [5.74, 6) is -0.841. The van der Waals surface area contributed by atoms with Crippen molar-refractivity contribution >= 4 is 19.8 Å². The molecule has 0 N–H and O–H groups in total. The van der Waals surface area contributed by atoms with Gasteiger partial charge in [0, 0.05) is 12.8 Å². The number of hydrogen-bond donors (Lipinski definition) is 0. The van der Waals surface area contributed by atoms with Gasteiger partial charge in [0.05, 0.1) is 27.7 Å². The van der Waals surface area contributed by atoms with Crippen molar-refractivity contribution in [3.63, 3.8) is 0 Å². The molecular formula is C74H134NO8P. The van der Waals surface area contributed by atoms with E-state index in [-0.39, 0.29) is 32.0 Å². The van der Waals surface area contributed by atoms with E-state index in [1.165, 1.54) is 193 Å². The predicted octanol–water partition coefficient (Wildman–Crippen LogP) is 22.3. The van der Waals surface area contributed by atoms with Gasteiger partial charge in [-0.05, 0) is 89.9 Å². The first-order chi connectivity index (χ1) is 41.0. The average molecular weight is 1200 g/mol. The summed E-state index contributed by atoms with van der Waals surface area (Å²) in [6.45, 7) is 4.12. The number of ether oxygens (including phenoxy) is 2. The predicted molar refractivity (Wildman–Crippen MR) is 360 cm³/mol. The second-order valence-corrected chi connectivity index (χ2v) is 26.3. The van der Waals surface area contributed by atoms with Crippen molar-refractivity contribution in [3.8, 4) is 0 Å². The number of nitrogens with zero attached hydrogens (tertiary/aromatic N) is 1. The van der Waals surface area contributed by atoms with E-state index in [0.29, 0.717) is 17.4 Å². The van der Waals surface area contributed by atoms with Gasteiger partial charge in [-0.2, -0.15) is 0 Å². The van der Waals surface area contributed by atoms with Crippen LogP contribution in [0.1, 0.15) is 322 Å². The van der Waals surface area contributed by atoms with Crippen LogP contribution >= 0.6 is 7.82 Å². The molecule has 0 bridgehead atoms. The molecule has 0 aromatic rings. The summed E-state index contributed by atoms with van der Waals surface area (Å²) in [4.78, 5) is 38.0. The van der Waals surface area contributed by atoms with Gasteiger partial charge in [-0.1, -0.05) is 304 Å². The van der Waals surface area contributed by atoms with E-state index in [0.717, 1.165) is 96.3 Å². The molecule has 84 heavy (non-hydrogen) atoms. The molecule has 0 aliphatic rings. The Morgan fingerprint density at radius 3 is 1.01 bits per heavy atom. The molecule has 0 spiro atoms. The van der Waals surface area contributed by atoms with Crippen molar-refractivity contribution in [2.45, 2.75) is 328 Å². The van der Waals surface area contributed by atoms with E-state index in [1.807, 2.05) is 21.1 Å². The lowest BCUT2D eigenvalue weighted by Crippen LogP contribution is -2.37. The Morgan fingerprint density at radius 2 is 0.679 bits per heavy atom. The Kier molecular flexibility index (Phi) is 62.5.